The molecule has 0 radical (unpaired) electrons. The largest absolute Gasteiger partial charge is 0.496 e. The predicted octanol–water partition coefficient (Wildman–Crippen LogP) is 3.14. The molecule has 3 aromatic rings. The molecule has 0 saturated carbocycles. The number of carbonyl (C=O) groups excluding carboxylic acids is 2. The van der Waals surface area contributed by atoms with Gasteiger partial charge in [0.15, 0.2) is 0 Å². The summed E-state index contributed by atoms with van der Waals surface area (Å²) in [5.41, 5.74) is 5.13. The van der Waals surface area contributed by atoms with E-state index in [1.54, 1.807) is 18.1 Å². The number of nitrogens with one attached hydrogen (secondary N) is 1. The predicted molar refractivity (Wildman–Crippen MR) is 139 cm³/mol. The van der Waals surface area contributed by atoms with Gasteiger partial charge in [-0.3, -0.25) is 9.69 Å². The van der Waals surface area contributed by atoms with Gasteiger partial charge in [0.05, 0.1) is 7.11 Å². The Morgan fingerprint density at radius 1 is 0.919 bits per heavy atom. The second kappa shape index (κ2) is 10.8. The first kappa shape index (κ1) is 25.0. The van der Waals surface area contributed by atoms with Crippen molar-refractivity contribution in [1.29, 1.82) is 0 Å². The summed E-state index contributed by atoms with van der Waals surface area (Å²) in [5.74, 6) is 0.910. The molecule has 2 aliphatic heterocycles. The van der Waals surface area contributed by atoms with Crippen molar-refractivity contribution >= 4 is 23.0 Å². The molecule has 0 atom stereocenters. The van der Waals surface area contributed by atoms with Gasteiger partial charge in [-0.05, 0) is 73.7 Å². The van der Waals surface area contributed by atoms with E-state index < -0.39 is 0 Å². The molecule has 196 valence electrons. The molecule has 1 aromatic heterocycles. The summed E-state index contributed by atoms with van der Waals surface area (Å²) in [5, 5.41) is 10.7. The lowest BCUT2D eigenvalue weighted by Crippen LogP contribution is -2.54. The number of rotatable bonds is 5. The Kier molecular flexibility index (Phi) is 7.27. The maximum absolute atomic E-state index is 13.0. The maximum atomic E-state index is 13.0. The lowest BCUT2D eigenvalue weighted by Gasteiger charge is -2.42. The summed E-state index contributed by atoms with van der Waals surface area (Å²) < 4.78 is 11.0. The highest BCUT2D eigenvalue weighted by Gasteiger charge is 2.31. The second-order valence-corrected chi connectivity index (χ2v) is 9.89. The first-order valence-electron chi connectivity index (χ1n) is 12.8. The highest BCUT2D eigenvalue weighted by molar-refractivity contribution is 5.97. The summed E-state index contributed by atoms with van der Waals surface area (Å²) in [7, 11) is 1.67. The number of fused-ring (bicyclic) bond motifs is 1. The van der Waals surface area contributed by atoms with Gasteiger partial charge < -0.3 is 19.3 Å². The van der Waals surface area contributed by atoms with E-state index in [9.17, 15) is 9.59 Å². The standard InChI is InChI=1S/C27H34N6O4/c1-18-14-20(15-19(2)25(18)36-3)17-37-27(35)33-12-10-31(11-13-33)22-6-8-32(9-7-22)26(34)21-4-5-23-24(16-21)29-30-28-23/h4-5,14-16,22H,6-13,17H2,1-3H3,(H,28,29,30). The minimum atomic E-state index is -0.268. The van der Waals surface area contributed by atoms with Crippen LogP contribution in [0, 0.1) is 13.8 Å². The van der Waals surface area contributed by atoms with Gasteiger partial charge in [0.1, 0.15) is 23.4 Å². The number of hydrogen-bond acceptors (Lipinski definition) is 7. The van der Waals surface area contributed by atoms with Gasteiger partial charge in [0, 0.05) is 50.9 Å². The van der Waals surface area contributed by atoms with E-state index in [2.05, 4.69) is 20.3 Å². The van der Waals surface area contributed by atoms with E-state index in [-0.39, 0.29) is 18.6 Å². The number of hydrogen-bond donors (Lipinski definition) is 1. The summed E-state index contributed by atoms with van der Waals surface area (Å²) in [6.07, 6.45) is 1.59. The van der Waals surface area contributed by atoms with Crippen molar-refractivity contribution in [1.82, 2.24) is 30.1 Å². The molecule has 2 aromatic carbocycles. The topological polar surface area (TPSA) is 104 Å². The SMILES string of the molecule is COc1c(C)cc(COC(=O)N2CCN(C3CCN(C(=O)c4ccc5n[nH]nc5c4)CC3)CC2)cc1C. The average Bonchev–Trinajstić information content (AvgIpc) is 3.39. The molecular weight excluding hydrogens is 472 g/mol. The molecule has 0 bridgehead atoms. The third kappa shape index (κ3) is 5.39. The zero-order valence-corrected chi connectivity index (χ0v) is 21.7. The number of amides is 2. The van der Waals surface area contributed by atoms with Crippen LogP contribution in [0.5, 0.6) is 5.75 Å². The Bertz CT molecular complexity index is 1250. The normalized spacial score (nSPS) is 17.3. The highest BCUT2D eigenvalue weighted by Crippen LogP contribution is 2.25. The Morgan fingerprint density at radius 2 is 1.59 bits per heavy atom. The van der Waals surface area contributed by atoms with E-state index in [4.69, 9.17) is 9.47 Å². The van der Waals surface area contributed by atoms with Crippen LogP contribution in [0.15, 0.2) is 30.3 Å². The van der Waals surface area contributed by atoms with Crippen LogP contribution in [0.3, 0.4) is 0 Å². The van der Waals surface area contributed by atoms with Gasteiger partial charge in [-0.1, -0.05) is 0 Å². The molecule has 2 saturated heterocycles. The molecule has 0 unspecified atom stereocenters. The molecule has 2 amide bonds. The average molecular weight is 507 g/mol. The third-order valence-electron chi connectivity index (χ3n) is 7.49. The van der Waals surface area contributed by atoms with E-state index in [1.807, 2.05) is 43.0 Å². The third-order valence-corrected chi connectivity index (χ3v) is 7.49. The Hall–Kier alpha value is -3.66. The Morgan fingerprint density at radius 3 is 2.27 bits per heavy atom. The number of piperazine rings is 1. The van der Waals surface area contributed by atoms with Crippen molar-refractivity contribution in [3.8, 4) is 5.75 Å². The van der Waals surface area contributed by atoms with Crippen molar-refractivity contribution in [3.05, 3.63) is 52.6 Å². The zero-order chi connectivity index (χ0) is 25.9. The van der Waals surface area contributed by atoms with Gasteiger partial charge in [0.25, 0.3) is 5.91 Å². The minimum absolute atomic E-state index is 0.0400. The van der Waals surface area contributed by atoms with Crippen molar-refractivity contribution in [2.75, 3.05) is 46.4 Å². The van der Waals surface area contributed by atoms with Crippen LogP contribution in [0.2, 0.25) is 0 Å². The Balaban J connectivity index is 1.07. The first-order valence-corrected chi connectivity index (χ1v) is 12.8. The van der Waals surface area contributed by atoms with Crippen molar-refractivity contribution in [3.63, 3.8) is 0 Å². The molecule has 0 aliphatic carbocycles. The maximum Gasteiger partial charge on any atom is 0.410 e. The van der Waals surface area contributed by atoms with Crippen molar-refractivity contribution in [2.45, 2.75) is 39.3 Å². The fraction of sp³-hybridized carbons (Fsp3) is 0.481. The molecule has 37 heavy (non-hydrogen) atoms. The first-order chi connectivity index (χ1) is 17.9. The van der Waals surface area contributed by atoms with Crippen LogP contribution in [-0.4, -0.2) is 94.5 Å². The molecule has 10 nitrogen and oxygen atoms in total. The van der Waals surface area contributed by atoms with Crippen LogP contribution in [0.25, 0.3) is 11.0 Å². The van der Waals surface area contributed by atoms with Gasteiger partial charge in [-0.2, -0.15) is 15.4 Å². The number of methoxy groups -OCH3 is 1. The van der Waals surface area contributed by atoms with Gasteiger partial charge >= 0.3 is 6.09 Å². The molecule has 10 heteroatoms. The molecule has 2 fully saturated rings. The molecular formula is C27H34N6O4. The molecule has 2 aliphatic rings. The highest BCUT2D eigenvalue weighted by atomic mass is 16.6. The Labute approximate surface area is 216 Å². The number of carbonyl (C=O) groups is 2. The summed E-state index contributed by atoms with van der Waals surface area (Å²) in [6.45, 7) is 8.62. The molecule has 1 N–H and O–H groups in total. The second-order valence-electron chi connectivity index (χ2n) is 9.89. The zero-order valence-electron chi connectivity index (χ0n) is 21.7. The van der Waals surface area contributed by atoms with Crippen molar-refractivity contribution < 1.29 is 19.1 Å². The summed E-state index contributed by atoms with van der Waals surface area (Å²) >= 11 is 0. The fourth-order valence-corrected chi connectivity index (χ4v) is 5.54. The van der Waals surface area contributed by atoms with E-state index in [0.717, 1.165) is 67.0 Å². The number of likely N-dealkylation sites (tertiary alicyclic amines) is 1. The number of ether oxygens (including phenoxy) is 2. The molecule has 5 rings (SSSR count). The number of aryl methyl sites for hydroxylation is 2. The van der Waals surface area contributed by atoms with Crippen LogP contribution in [0.4, 0.5) is 4.79 Å². The van der Waals surface area contributed by atoms with E-state index in [1.165, 1.54) is 0 Å². The van der Waals surface area contributed by atoms with Gasteiger partial charge in [0.2, 0.25) is 0 Å². The minimum Gasteiger partial charge on any atom is -0.496 e. The number of aromatic amines is 1. The monoisotopic (exact) mass is 506 g/mol. The van der Waals surface area contributed by atoms with Gasteiger partial charge in [-0.15, -0.1) is 0 Å². The molecule has 0 spiro atoms. The lowest BCUT2D eigenvalue weighted by molar-refractivity contribution is 0.0394. The number of aromatic nitrogens is 3. The number of benzene rings is 2. The number of H-pyrrole nitrogens is 1. The molecule has 3 heterocycles. The number of nitrogens with zero attached hydrogens (tertiary/aromatic N) is 5. The summed E-state index contributed by atoms with van der Waals surface area (Å²) in [6, 6.07) is 9.85. The van der Waals surface area contributed by atoms with Crippen LogP contribution < -0.4 is 4.74 Å². The fourth-order valence-electron chi connectivity index (χ4n) is 5.54. The van der Waals surface area contributed by atoms with Crippen LogP contribution in [0.1, 0.15) is 39.9 Å². The van der Waals surface area contributed by atoms with Crippen molar-refractivity contribution in [2.24, 2.45) is 0 Å². The lowest BCUT2D eigenvalue weighted by atomic mass is 10.0. The van der Waals surface area contributed by atoms with Crippen LogP contribution >= 0.6 is 0 Å². The van der Waals surface area contributed by atoms with E-state index in [0.29, 0.717) is 30.2 Å². The van der Waals surface area contributed by atoms with E-state index >= 15 is 0 Å². The quantitative estimate of drug-likeness (QED) is 0.567. The summed E-state index contributed by atoms with van der Waals surface area (Å²) in [4.78, 5) is 31.8. The smallest absolute Gasteiger partial charge is 0.410 e. The van der Waals surface area contributed by atoms with Crippen LogP contribution in [-0.2, 0) is 11.3 Å². The number of piperidine rings is 1. The van der Waals surface area contributed by atoms with Gasteiger partial charge in [-0.25, -0.2) is 4.79 Å².